The first-order valence-electron chi connectivity index (χ1n) is 8.37. The van der Waals surface area contributed by atoms with Gasteiger partial charge in [-0.1, -0.05) is 38.3 Å². The molecule has 1 aromatic carbocycles. The van der Waals surface area contributed by atoms with Crippen molar-refractivity contribution in [2.75, 3.05) is 13.6 Å². The van der Waals surface area contributed by atoms with Crippen LogP contribution in [0.1, 0.15) is 38.2 Å². The number of hydrogen-bond acceptors (Lipinski definition) is 2. The predicted octanol–water partition coefficient (Wildman–Crippen LogP) is 3.12. The first kappa shape index (κ1) is 17.1. The zero-order chi connectivity index (χ0) is 16.3. The van der Waals surface area contributed by atoms with E-state index < -0.39 is 0 Å². The zero-order valence-electron chi connectivity index (χ0n) is 14.1. The van der Waals surface area contributed by atoms with Gasteiger partial charge in [-0.2, -0.15) is 5.10 Å². The number of rotatable bonds is 8. The highest BCUT2D eigenvalue weighted by Gasteiger charge is 2.01. The summed E-state index contributed by atoms with van der Waals surface area (Å²) in [6.07, 6.45) is 8.75. The average molecular weight is 313 g/mol. The minimum Gasteiger partial charge on any atom is -0.356 e. The molecule has 0 amide bonds. The Balaban J connectivity index is 1.81. The lowest BCUT2D eigenvalue weighted by molar-refractivity contribution is 0.647. The summed E-state index contributed by atoms with van der Waals surface area (Å²) in [5.41, 5.74) is 2.27. The Morgan fingerprint density at radius 2 is 2.09 bits per heavy atom. The Labute approximate surface area is 138 Å². The molecule has 0 radical (unpaired) electrons. The molecular formula is C18H27N5. The molecule has 0 aliphatic carbocycles. The second-order valence-corrected chi connectivity index (χ2v) is 5.53. The molecule has 2 N–H and O–H groups in total. The van der Waals surface area contributed by atoms with Crippen molar-refractivity contribution in [3.8, 4) is 5.69 Å². The Morgan fingerprint density at radius 1 is 1.17 bits per heavy atom. The van der Waals surface area contributed by atoms with Gasteiger partial charge in [0, 0.05) is 32.5 Å². The highest BCUT2D eigenvalue weighted by molar-refractivity contribution is 5.79. The van der Waals surface area contributed by atoms with E-state index in [4.69, 9.17) is 0 Å². The minimum atomic E-state index is 0.740. The summed E-state index contributed by atoms with van der Waals surface area (Å²) >= 11 is 0. The molecule has 0 saturated heterocycles. The summed E-state index contributed by atoms with van der Waals surface area (Å²) in [5, 5.41) is 11.0. The van der Waals surface area contributed by atoms with Gasteiger partial charge in [-0.15, -0.1) is 0 Å². The predicted molar refractivity (Wildman–Crippen MR) is 95.9 cm³/mol. The first-order chi connectivity index (χ1) is 11.3. The molecule has 0 fully saturated rings. The molecule has 0 bridgehead atoms. The maximum Gasteiger partial charge on any atom is 0.191 e. The van der Waals surface area contributed by atoms with Crippen molar-refractivity contribution >= 4 is 5.96 Å². The highest BCUT2D eigenvalue weighted by Crippen LogP contribution is 2.09. The van der Waals surface area contributed by atoms with Crippen molar-refractivity contribution in [1.82, 2.24) is 20.4 Å². The van der Waals surface area contributed by atoms with Gasteiger partial charge < -0.3 is 10.6 Å². The molecule has 2 aromatic rings. The summed E-state index contributed by atoms with van der Waals surface area (Å²) < 4.78 is 1.87. The number of aliphatic imine (C=N–C) groups is 1. The molecule has 1 aromatic heterocycles. The van der Waals surface area contributed by atoms with Crippen LogP contribution in [0.3, 0.4) is 0 Å². The maximum absolute atomic E-state index is 4.27. The van der Waals surface area contributed by atoms with E-state index >= 15 is 0 Å². The summed E-state index contributed by atoms with van der Waals surface area (Å²) in [6.45, 7) is 3.93. The fourth-order valence-corrected chi connectivity index (χ4v) is 2.40. The van der Waals surface area contributed by atoms with E-state index in [1.165, 1.54) is 31.2 Å². The molecule has 0 aliphatic heterocycles. The lowest BCUT2D eigenvalue weighted by Crippen LogP contribution is -2.37. The minimum absolute atomic E-state index is 0.740. The fourth-order valence-electron chi connectivity index (χ4n) is 2.40. The van der Waals surface area contributed by atoms with Gasteiger partial charge in [0.2, 0.25) is 0 Å². The van der Waals surface area contributed by atoms with Crippen molar-refractivity contribution < 1.29 is 0 Å². The van der Waals surface area contributed by atoms with E-state index in [9.17, 15) is 0 Å². The first-order valence-corrected chi connectivity index (χ1v) is 8.37. The topological polar surface area (TPSA) is 54.2 Å². The third-order valence-corrected chi connectivity index (χ3v) is 3.69. The largest absolute Gasteiger partial charge is 0.356 e. The smallest absolute Gasteiger partial charge is 0.191 e. The number of nitrogens with zero attached hydrogens (tertiary/aromatic N) is 3. The van der Waals surface area contributed by atoms with Crippen LogP contribution >= 0.6 is 0 Å². The lowest BCUT2D eigenvalue weighted by Gasteiger charge is -2.12. The third-order valence-electron chi connectivity index (χ3n) is 3.69. The van der Waals surface area contributed by atoms with Crippen molar-refractivity contribution in [3.63, 3.8) is 0 Å². The Bertz CT molecular complexity index is 589. The van der Waals surface area contributed by atoms with Gasteiger partial charge in [-0.05, 0) is 30.2 Å². The van der Waals surface area contributed by atoms with E-state index in [1.807, 2.05) is 24.0 Å². The molecule has 0 aliphatic rings. The summed E-state index contributed by atoms with van der Waals surface area (Å²) in [6, 6.07) is 10.3. The highest BCUT2D eigenvalue weighted by atomic mass is 15.3. The molecule has 124 valence electrons. The van der Waals surface area contributed by atoms with E-state index in [1.54, 1.807) is 6.20 Å². The molecule has 0 unspecified atom stereocenters. The zero-order valence-corrected chi connectivity index (χ0v) is 14.1. The van der Waals surface area contributed by atoms with Crippen molar-refractivity contribution in [2.24, 2.45) is 4.99 Å². The van der Waals surface area contributed by atoms with Gasteiger partial charge in [-0.25, -0.2) is 4.68 Å². The molecule has 2 rings (SSSR count). The molecular weight excluding hydrogens is 286 g/mol. The van der Waals surface area contributed by atoms with Crippen LogP contribution < -0.4 is 10.6 Å². The SMILES string of the molecule is CCCCCCNC(=NC)NCc1cccc(-n2cccn2)c1. The van der Waals surface area contributed by atoms with Gasteiger partial charge in [0.1, 0.15) is 0 Å². The summed E-state index contributed by atoms with van der Waals surface area (Å²) in [7, 11) is 1.81. The maximum atomic E-state index is 4.27. The second-order valence-electron chi connectivity index (χ2n) is 5.53. The van der Waals surface area contributed by atoms with Crippen LogP contribution in [0.15, 0.2) is 47.7 Å². The van der Waals surface area contributed by atoms with Gasteiger partial charge in [0.15, 0.2) is 5.96 Å². The molecule has 0 saturated carbocycles. The standard InChI is InChI=1S/C18H27N5/c1-3-4-5-6-11-20-18(19-2)21-15-16-9-7-10-17(14-16)23-13-8-12-22-23/h7-10,12-14H,3-6,11,15H2,1-2H3,(H2,19,20,21). The van der Waals surface area contributed by atoms with E-state index in [2.05, 4.69) is 51.9 Å². The van der Waals surface area contributed by atoms with Crippen LogP contribution in [0, 0.1) is 0 Å². The Morgan fingerprint density at radius 3 is 2.83 bits per heavy atom. The molecule has 5 heteroatoms. The molecule has 5 nitrogen and oxygen atoms in total. The van der Waals surface area contributed by atoms with E-state index in [0.29, 0.717) is 0 Å². The van der Waals surface area contributed by atoms with Crippen LogP contribution in [0.4, 0.5) is 0 Å². The van der Waals surface area contributed by atoms with Gasteiger partial charge in [0.25, 0.3) is 0 Å². The number of aromatic nitrogens is 2. The Kier molecular flexibility index (Phi) is 7.17. The van der Waals surface area contributed by atoms with Crippen LogP contribution in [-0.2, 0) is 6.54 Å². The third kappa shape index (κ3) is 5.77. The summed E-state index contributed by atoms with van der Waals surface area (Å²) in [4.78, 5) is 4.27. The van der Waals surface area contributed by atoms with Crippen LogP contribution in [0.2, 0.25) is 0 Å². The monoisotopic (exact) mass is 313 g/mol. The van der Waals surface area contributed by atoms with Gasteiger partial charge in [-0.3, -0.25) is 4.99 Å². The number of nitrogens with one attached hydrogen (secondary N) is 2. The van der Waals surface area contributed by atoms with Crippen LogP contribution in [-0.4, -0.2) is 29.3 Å². The van der Waals surface area contributed by atoms with Crippen molar-refractivity contribution in [1.29, 1.82) is 0 Å². The quantitative estimate of drug-likeness (QED) is 0.447. The van der Waals surface area contributed by atoms with E-state index in [0.717, 1.165) is 24.7 Å². The molecule has 0 spiro atoms. The lowest BCUT2D eigenvalue weighted by atomic mass is 10.2. The molecule has 1 heterocycles. The number of benzene rings is 1. The van der Waals surface area contributed by atoms with Crippen LogP contribution in [0.25, 0.3) is 5.69 Å². The number of guanidine groups is 1. The van der Waals surface area contributed by atoms with Gasteiger partial charge in [0.05, 0.1) is 5.69 Å². The number of unbranched alkanes of at least 4 members (excludes halogenated alkanes) is 3. The summed E-state index contributed by atoms with van der Waals surface area (Å²) in [5.74, 6) is 0.853. The van der Waals surface area contributed by atoms with E-state index in [-0.39, 0.29) is 0 Å². The molecule has 0 atom stereocenters. The number of hydrogen-bond donors (Lipinski definition) is 2. The fraction of sp³-hybridized carbons (Fsp3) is 0.444. The molecule has 23 heavy (non-hydrogen) atoms. The van der Waals surface area contributed by atoms with Crippen LogP contribution in [0.5, 0.6) is 0 Å². The second kappa shape index (κ2) is 9.66. The van der Waals surface area contributed by atoms with Crippen molar-refractivity contribution in [2.45, 2.75) is 39.2 Å². The normalized spacial score (nSPS) is 11.5. The Hall–Kier alpha value is -2.30. The average Bonchev–Trinajstić information content (AvgIpc) is 3.12. The van der Waals surface area contributed by atoms with Gasteiger partial charge >= 0.3 is 0 Å². The van der Waals surface area contributed by atoms with Crippen molar-refractivity contribution in [3.05, 3.63) is 48.3 Å².